The second-order valence-electron chi connectivity index (χ2n) is 5.04. The quantitative estimate of drug-likeness (QED) is 0.675. The molecule has 3 nitrogen and oxygen atoms in total. The SMILES string of the molecule is CCN(CC(=O)Nc1ccc(C)cc1Br)Cc1ccc(Br)s1. The highest BCUT2D eigenvalue weighted by Gasteiger charge is 2.12. The Bertz CT molecular complexity index is 657. The van der Waals surface area contributed by atoms with Gasteiger partial charge in [-0.15, -0.1) is 11.3 Å². The number of carbonyl (C=O) groups excluding carboxylic acids is 1. The van der Waals surface area contributed by atoms with E-state index in [0.29, 0.717) is 6.54 Å². The van der Waals surface area contributed by atoms with Crippen molar-refractivity contribution in [3.63, 3.8) is 0 Å². The number of hydrogen-bond donors (Lipinski definition) is 1. The molecule has 1 aromatic carbocycles. The Morgan fingerprint density at radius 1 is 1.27 bits per heavy atom. The minimum atomic E-state index is 0.00187. The zero-order valence-electron chi connectivity index (χ0n) is 12.5. The van der Waals surface area contributed by atoms with Crippen LogP contribution in [-0.2, 0) is 11.3 Å². The molecule has 0 bridgehead atoms. The summed E-state index contributed by atoms with van der Waals surface area (Å²) in [6.45, 7) is 6.09. The van der Waals surface area contributed by atoms with Gasteiger partial charge in [0.15, 0.2) is 0 Å². The van der Waals surface area contributed by atoms with Crippen LogP contribution in [0.1, 0.15) is 17.4 Å². The van der Waals surface area contributed by atoms with Crippen molar-refractivity contribution in [1.29, 1.82) is 0 Å². The predicted molar refractivity (Wildman–Crippen MR) is 100 cm³/mol. The number of halogens is 2. The van der Waals surface area contributed by atoms with Crippen LogP contribution in [0.3, 0.4) is 0 Å². The highest BCUT2D eigenvalue weighted by molar-refractivity contribution is 9.11. The van der Waals surface area contributed by atoms with E-state index in [-0.39, 0.29) is 5.91 Å². The van der Waals surface area contributed by atoms with E-state index < -0.39 is 0 Å². The van der Waals surface area contributed by atoms with Gasteiger partial charge in [0, 0.05) is 15.9 Å². The Labute approximate surface area is 152 Å². The van der Waals surface area contributed by atoms with E-state index in [1.165, 1.54) is 4.88 Å². The molecular weight excluding hydrogens is 428 g/mol. The molecule has 0 atom stereocenters. The van der Waals surface area contributed by atoms with Gasteiger partial charge >= 0.3 is 0 Å². The van der Waals surface area contributed by atoms with Crippen LogP contribution in [0.4, 0.5) is 5.69 Å². The third-order valence-corrected chi connectivity index (χ3v) is 5.49. The number of nitrogens with zero attached hydrogens (tertiary/aromatic N) is 1. The van der Waals surface area contributed by atoms with Gasteiger partial charge in [-0.05, 0) is 75.2 Å². The molecule has 0 aliphatic carbocycles. The van der Waals surface area contributed by atoms with E-state index in [4.69, 9.17) is 0 Å². The van der Waals surface area contributed by atoms with Crippen LogP contribution in [0, 0.1) is 6.92 Å². The van der Waals surface area contributed by atoms with Crippen molar-refractivity contribution >= 4 is 54.8 Å². The van der Waals surface area contributed by atoms with Crippen molar-refractivity contribution in [2.24, 2.45) is 0 Å². The monoisotopic (exact) mass is 444 g/mol. The molecule has 1 heterocycles. The number of likely N-dealkylation sites (N-methyl/N-ethyl adjacent to an activating group) is 1. The van der Waals surface area contributed by atoms with Gasteiger partial charge in [0.05, 0.1) is 16.0 Å². The first kappa shape index (κ1) is 17.7. The first-order chi connectivity index (χ1) is 10.5. The van der Waals surface area contributed by atoms with Crippen molar-refractivity contribution in [3.05, 3.63) is 49.0 Å². The van der Waals surface area contributed by atoms with Crippen molar-refractivity contribution in [2.75, 3.05) is 18.4 Å². The van der Waals surface area contributed by atoms with E-state index in [1.807, 2.05) is 31.2 Å². The van der Waals surface area contributed by atoms with Gasteiger partial charge in [0.25, 0.3) is 0 Å². The van der Waals surface area contributed by atoms with Crippen molar-refractivity contribution < 1.29 is 4.79 Å². The number of aryl methyl sites for hydroxylation is 1. The standard InChI is InChI=1S/C16H18Br2N2OS/c1-3-20(9-12-5-7-15(18)22-12)10-16(21)19-14-6-4-11(2)8-13(14)17/h4-8H,3,9-10H2,1-2H3,(H,19,21). The van der Waals surface area contributed by atoms with Crippen LogP contribution < -0.4 is 5.32 Å². The van der Waals surface area contributed by atoms with Gasteiger partial charge in [0.1, 0.15) is 0 Å². The average molecular weight is 446 g/mol. The van der Waals surface area contributed by atoms with Crippen molar-refractivity contribution in [2.45, 2.75) is 20.4 Å². The number of hydrogen-bond acceptors (Lipinski definition) is 3. The Morgan fingerprint density at radius 2 is 2.05 bits per heavy atom. The molecule has 2 aromatic rings. The molecule has 1 aromatic heterocycles. The first-order valence-corrected chi connectivity index (χ1v) is 9.40. The number of rotatable bonds is 6. The molecule has 6 heteroatoms. The van der Waals surface area contributed by atoms with E-state index in [2.05, 4.69) is 55.1 Å². The summed E-state index contributed by atoms with van der Waals surface area (Å²) in [6, 6.07) is 10.0. The molecule has 0 aliphatic rings. The topological polar surface area (TPSA) is 32.3 Å². The summed E-state index contributed by atoms with van der Waals surface area (Å²) in [5.74, 6) is 0.00187. The maximum absolute atomic E-state index is 12.2. The van der Waals surface area contributed by atoms with Crippen LogP contribution >= 0.6 is 43.2 Å². The van der Waals surface area contributed by atoms with Crippen LogP contribution in [-0.4, -0.2) is 23.9 Å². The molecule has 0 unspecified atom stereocenters. The molecule has 22 heavy (non-hydrogen) atoms. The molecule has 0 radical (unpaired) electrons. The number of thiophene rings is 1. The zero-order valence-corrected chi connectivity index (χ0v) is 16.5. The van der Waals surface area contributed by atoms with Gasteiger partial charge in [-0.3, -0.25) is 9.69 Å². The minimum absolute atomic E-state index is 0.00187. The highest BCUT2D eigenvalue weighted by atomic mass is 79.9. The summed E-state index contributed by atoms with van der Waals surface area (Å²) < 4.78 is 2.03. The Kier molecular flexibility index (Phi) is 6.62. The summed E-state index contributed by atoms with van der Waals surface area (Å²) in [7, 11) is 0. The Morgan fingerprint density at radius 3 is 2.64 bits per heavy atom. The number of benzene rings is 1. The van der Waals surface area contributed by atoms with E-state index in [0.717, 1.165) is 32.6 Å². The molecular formula is C16H18Br2N2OS. The van der Waals surface area contributed by atoms with Crippen molar-refractivity contribution in [3.8, 4) is 0 Å². The molecule has 0 fully saturated rings. The van der Waals surface area contributed by atoms with Crippen LogP contribution in [0.15, 0.2) is 38.6 Å². The van der Waals surface area contributed by atoms with Gasteiger partial charge < -0.3 is 5.32 Å². The molecule has 1 amide bonds. The predicted octanol–water partition coefficient (Wildman–Crippen LogP) is 5.04. The lowest BCUT2D eigenvalue weighted by molar-refractivity contribution is -0.117. The highest BCUT2D eigenvalue weighted by Crippen LogP contribution is 2.24. The molecule has 118 valence electrons. The third-order valence-electron chi connectivity index (χ3n) is 3.22. The summed E-state index contributed by atoms with van der Waals surface area (Å²) in [5, 5.41) is 2.96. The van der Waals surface area contributed by atoms with E-state index >= 15 is 0 Å². The molecule has 1 N–H and O–H groups in total. The van der Waals surface area contributed by atoms with E-state index in [9.17, 15) is 4.79 Å². The fourth-order valence-electron chi connectivity index (χ4n) is 2.05. The number of nitrogens with one attached hydrogen (secondary N) is 1. The number of carbonyl (C=O) groups is 1. The minimum Gasteiger partial charge on any atom is -0.324 e. The first-order valence-electron chi connectivity index (χ1n) is 7.00. The fourth-order valence-corrected chi connectivity index (χ4v) is 4.17. The summed E-state index contributed by atoms with van der Waals surface area (Å²) in [4.78, 5) is 15.6. The lowest BCUT2D eigenvalue weighted by Crippen LogP contribution is -2.32. The smallest absolute Gasteiger partial charge is 0.238 e. The maximum atomic E-state index is 12.2. The normalized spacial score (nSPS) is 11.0. The Balaban J connectivity index is 1.94. The second kappa shape index (κ2) is 8.24. The van der Waals surface area contributed by atoms with Crippen LogP contribution in [0.2, 0.25) is 0 Å². The second-order valence-corrected chi connectivity index (χ2v) is 8.44. The third kappa shape index (κ3) is 5.19. The lowest BCUT2D eigenvalue weighted by Gasteiger charge is -2.19. The molecule has 0 spiro atoms. The summed E-state index contributed by atoms with van der Waals surface area (Å²) in [6.07, 6.45) is 0. The molecule has 0 saturated carbocycles. The van der Waals surface area contributed by atoms with E-state index in [1.54, 1.807) is 11.3 Å². The van der Waals surface area contributed by atoms with Gasteiger partial charge in [-0.2, -0.15) is 0 Å². The van der Waals surface area contributed by atoms with Gasteiger partial charge in [-0.25, -0.2) is 0 Å². The zero-order chi connectivity index (χ0) is 16.1. The maximum Gasteiger partial charge on any atom is 0.238 e. The van der Waals surface area contributed by atoms with Crippen LogP contribution in [0.5, 0.6) is 0 Å². The average Bonchev–Trinajstić information content (AvgIpc) is 2.86. The number of amides is 1. The molecule has 2 rings (SSSR count). The number of anilines is 1. The summed E-state index contributed by atoms with van der Waals surface area (Å²) in [5.41, 5.74) is 1.97. The fraction of sp³-hybridized carbons (Fsp3) is 0.312. The molecule has 0 aliphatic heterocycles. The van der Waals surface area contributed by atoms with Gasteiger partial charge in [0.2, 0.25) is 5.91 Å². The van der Waals surface area contributed by atoms with Crippen molar-refractivity contribution in [1.82, 2.24) is 4.90 Å². The summed E-state index contributed by atoms with van der Waals surface area (Å²) >= 11 is 8.65. The lowest BCUT2D eigenvalue weighted by atomic mass is 10.2. The Hall–Kier alpha value is -0.690. The van der Waals surface area contributed by atoms with Crippen LogP contribution in [0.25, 0.3) is 0 Å². The largest absolute Gasteiger partial charge is 0.324 e. The van der Waals surface area contributed by atoms with Gasteiger partial charge in [-0.1, -0.05) is 13.0 Å². The molecule has 0 saturated heterocycles.